The van der Waals surface area contributed by atoms with Crippen LogP contribution in [-0.2, 0) is 20.5 Å². The van der Waals surface area contributed by atoms with E-state index >= 15 is 0 Å². The van der Waals surface area contributed by atoms with Gasteiger partial charge in [-0.1, -0.05) is 35.9 Å². The van der Waals surface area contributed by atoms with E-state index in [4.69, 9.17) is 16.3 Å². The van der Waals surface area contributed by atoms with E-state index in [2.05, 4.69) is 10.3 Å². The summed E-state index contributed by atoms with van der Waals surface area (Å²) in [6.45, 7) is 1.31. The average molecular weight is 449 g/mol. The zero-order valence-electron chi connectivity index (χ0n) is 16.1. The lowest BCUT2D eigenvalue weighted by atomic mass is 10.1. The summed E-state index contributed by atoms with van der Waals surface area (Å²) in [5, 5.41) is 2.68. The minimum atomic E-state index is -4.67. The minimum absolute atomic E-state index is 0.123. The number of nitrogens with one attached hydrogen (secondary N) is 1. The van der Waals surface area contributed by atoms with E-state index < -0.39 is 34.7 Å². The molecule has 9 heteroatoms. The SMILES string of the molecule is CC(OC(=O)/C=C/c1cccc2cccnc12)C(=O)Nc1ccc(Cl)c(C(F)(F)F)c1. The van der Waals surface area contributed by atoms with Crippen molar-refractivity contribution in [1.82, 2.24) is 4.98 Å². The molecule has 0 fully saturated rings. The van der Waals surface area contributed by atoms with Crippen LogP contribution >= 0.6 is 11.6 Å². The minimum Gasteiger partial charge on any atom is -0.449 e. The maximum atomic E-state index is 12.9. The third-order valence-corrected chi connectivity index (χ3v) is 4.59. The van der Waals surface area contributed by atoms with Crippen molar-refractivity contribution in [2.75, 3.05) is 5.32 Å². The molecule has 0 saturated carbocycles. The lowest BCUT2D eigenvalue weighted by Crippen LogP contribution is -2.29. The van der Waals surface area contributed by atoms with Crippen LogP contribution in [0.25, 0.3) is 17.0 Å². The Morgan fingerprint density at radius 3 is 2.65 bits per heavy atom. The van der Waals surface area contributed by atoms with Crippen LogP contribution in [0.1, 0.15) is 18.1 Å². The standard InChI is InChI=1S/C22H16ClF3N2O3/c1-13(21(30)28-16-8-9-18(23)17(12-16)22(24,25)26)31-19(29)10-7-15-5-2-4-14-6-3-11-27-20(14)15/h2-13H,1H3,(H,28,30)/b10-7+. The molecular formula is C22H16ClF3N2O3. The number of anilines is 1. The topological polar surface area (TPSA) is 68.3 Å². The first kappa shape index (κ1) is 22.3. The van der Waals surface area contributed by atoms with Gasteiger partial charge in [0.15, 0.2) is 6.10 Å². The molecule has 5 nitrogen and oxygen atoms in total. The molecule has 0 aliphatic heterocycles. The molecule has 0 spiro atoms. The lowest BCUT2D eigenvalue weighted by molar-refractivity contribution is -0.148. The molecule has 1 unspecified atom stereocenters. The van der Waals surface area contributed by atoms with Crippen LogP contribution in [-0.4, -0.2) is 23.0 Å². The van der Waals surface area contributed by atoms with Gasteiger partial charge in [0.05, 0.1) is 16.1 Å². The van der Waals surface area contributed by atoms with E-state index in [9.17, 15) is 22.8 Å². The normalized spacial score (nSPS) is 12.7. The number of esters is 1. The molecule has 1 N–H and O–H groups in total. The second-order valence-electron chi connectivity index (χ2n) is 6.52. The molecule has 3 aromatic rings. The van der Waals surface area contributed by atoms with Crippen molar-refractivity contribution in [3.63, 3.8) is 0 Å². The first-order valence-electron chi connectivity index (χ1n) is 9.05. The fourth-order valence-corrected chi connectivity index (χ4v) is 2.98. The summed E-state index contributed by atoms with van der Waals surface area (Å²) < 4.78 is 43.9. The molecule has 0 aliphatic carbocycles. The van der Waals surface area contributed by atoms with Gasteiger partial charge in [0.1, 0.15) is 0 Å². The summed E-state index contributed by atoms with van der Waals surface area (Å²) in [7, 11) is 0. The molecule has 1 atom stereocenters. The van der Waals surface area contributed by atoms with Crippen molar-refractivity contribution in [2.45, 2.75) is 19.2 Å². The fourth-order valence-electron chi connectivity index (χ4n) is 2.75. The number of alkyl halides is 3. The highest BCUT2D eigenvalue weighted by Gasteiger charge is 2.33. The molecule has 3 rings (SSSR count). The summed E-state index contributed by atoms with van der Waals surface area (Å²) in [6, 6.07) is 12.1. The number of hydrogen-bond acceptors (Lipinski definition) is 4. The largest absolute Gasteiger partial charge is 0.449 e. The zero-order chi connectivity index (χ0) is 22.6. The first-order chi connectivity index (χ1) is 14.6. The van der Waals surface area contributed by atoms with Crippen LogP contribution < -0.4 is 5.32 Å². The van der Waals surface area contributed by atoms with Gasteiger partial charge < -0.3 is 10.1 Å². The number of halogens is 4. The predicted octanol–water partition coefficient (Wildman–Crippen LogP) is 5.49. The van der Waals surface area contributed by atoms with Gasteiger partial charge in [0.25, 0.3) is 5.91 Å². The van der Waals surface area contributed by atoms with Gasteiger partial charge in [-0.15, -0.1) is 0 Å². The number of amides is 1. The second kappa shape index (κ2) is 9.18. The van der Waals surface area contributed by atoms with Crippen molar-refractivity contribution >= 4 is 46.1 Å². The molecule has 2 aromatic carbocycles. The molecule has 1 heterocycles. The highest BCUT2D eigenvalue weighted by atomic mass is 35.5. The van der Waals surface area contributed by atoms with E-state index in [1.54, 1.807) is 18.3 Å². The van der Waals surface area contributed by atoms with Crippen LogP contribution in [0.15, 0.2) is 60.8 Å². The Balaban J connectivity index is 1.64. The number of aromatic nitrogens is 1. The quantitative estimate of drug-likeness (QED) is 0.414. The molecule has 0 aliphatic rings. The van der Waals surface area contributed by atoms with Crippen molar-refractivity contribution in [3.05, 3.63) is 77.0 Å². The van der Waals surface area contributed by atoms with Gasteiger partial charge in [0, 0.05) is 28.9 Å². The van der Waals surface area contributed by atoms with Crippen LogP contribution in [0, 0.1) is 0 Å². The van der Waals surface area contributed by atoms with E-state index in [0.717, 1.165) is 17.5 Å². The maximum Gasteiger partial charge on any atom is 0.417 e. The number of benzene rings is 2. The molecular weight excluding hydrogens is 433 g/mol. The molecule has 160 valence electrons. The summed E-state index contributed by atoms with van der Waals surface area (Å²) in [4.78, 5) is 28.5. The molecule has 0 saturated heterocycles. The summed E-state index contributed by atoms with van der Waals surface area (Å²) >= 11 is 5.56. The van der Waals surface area contributed by atoms with Crippen molar-refractivity contribution in [2.24, 2.45) is 0 Å². The third-order valence-electron chi connectivity index (χ3n) is 4.26. The Labute approximate surface area is 180 Å². The Morgan fingerprint density at radius 1 is 1.16 bits per heavy atom. The van der Waals surface area contributed by atoms with E-state index in [1.165, 1.54) is 19.1 Å². The highest BCUT2D eigenvalue weighted by Crippen LogP contribution is 2.36. The second-order valence-corrected chi connectivity index (χ2v) is 6.92. The lowest BCUT2D eigenvalue weighted by Gasteiger charge is -2.14. The van der Waals surface area contributed by atoms with E-state index in [1.807, 2.05) is 18.2 Å². The number of ether oxygens (including phenoxy) is 1. The number of carbonyl (C=O) groups is 2. The van der Waals surface area contributed by atoms with Crippen molar-refractivity contribution in [3.8, 4) is 0 Å². The summed E-state index contributed by atoms with van der Waals surface area (Å²) in [5.74, 6) is -1.58. The first-order valence-corrected chi connectivity index (χ1v) is 9.43. The number of rotatable bonds is 5. The van der Waals surface area contributed by atoms with Crippen LogP contribution in [0.2, 0.25) is 5.02 Å². The Kier molecular flexibility index (Phi) is 6.60. The third kappa shape index (κ3) is 5.61. The van der Waals surface area contributed by atoms with Gasteiger partial charge >= 0.3 is 12.1 Å². The molecule has 31 heavy (non-hydrogen) atoms. The summed E-state index contributed by atoms with van der Waals surface area (Å²) in [6.07, 6.45) is -1.62. The van der Waals surface area contributed by atoms with Crippen LogP contribution in [0.4, 0.5) is 18.9 Å². The zero-order valence-corrected chi connectivity index (χ0v) is 16.9. The van der Waals surface area contributed by atoms with Crippen LogP contribution in [0.5, 0.6) is 0 Å². The number of para-hydroxylation sites is 1. The van der Waals surface area contributed by atoms with Crippen molar-refractivity contribution in [1.29, 1.82) is 0 Å². The number of carbonyl (C=O) groups excluding carboxylic acids is 2. The van der Waals surface area contributed by atoms with Gasteiger partial charge in [-0.25, -0.2) is 4.79 Å². The smallest absolute Gasteiger partial charge is 0.417 e. The van der Waals surface area contributed by atoms with Crippen molar-refractivity contribution < 1.29 is 27.5 Å². The van der Waals surface area contributed by atoms with E-state index in [0.29, 0.717) is 17.1 Å². The molecule has 1 aromatic heterocycles. The number of nitrogens with zero attached hydrogens (tertiary/aromatic N) is 1. The van der Waals surface area contributed by atoms with Gasteiger partial charge in [-0.3, -0.25) is 9.78 Å². The Bertz CT molecular complexity index is 1160. The van der Waals surface area contributed by atoms with Crippen LogP contribution in [0.3, 0.4) is 0 Å². The summed E-state index contributed by atoms with van der Waals surface area (Å²) in [5.41, 5.74) is 0.182. The predicted molar refractivity (Wildman–Crippen MR) is 111 cm³/mol. The number of pyridine rings is 1. The number of fused-ring (bicyclic) bond motifs is 1. The average Bonchev–Trinajstić information content (AvgIpc) is 2.72. The van der Waals surface area contributed by atoms with Gasteiger partial charge in [-0.05, 0) is 37.3 Å². The van der Waals surface area contributed by atoms with Gasteiger partial charge in [0.2, 0.25) is 0 Å². The number of hydrogen-bond donors (Lipinski definition) is 1. The Morgan fingerprint density at radius 2 is 1.90 bits per heavy atom. The Hall–Kier alpha value is -3.39. The molecule has 0 radical (unpaired) electrons. The maximum absolute atomic E-state index is 12.9. The monoisotopic (exact) mass is 448 g/mol. The highest BCUT2D eigenvalue weighted by molar-refractivity contribution is 6.31. The van der Waals surface area contributed by atoms with Gasteiger partial charge in [-0.2, -0.15) is 13.2 Å². The fraction of sp³-hybridized carbons (Fsp3) is 0.136. The van der Waals surface area contributed by atoms with E-state index in [-0.39, 0.29) is 5.69 Å². The molecule has 0 bridgehead atoms. The molecule has 1 amide bonds.